The summed E-state index contributed by atoms with van der Waals surface area (Å²) >= 11 is 0. The maximum absolute atomic E-state index is 13.3. The first-order chi connectivity index (χ1) is 12.6. The molecule has 0 bridgehead atoms. The number of benzene rings is 2. The summed E-state index contributed by atoms with van der Waals surface area (Å²) in [6.07, 6.45) is 0. The molecule has 0 unspecified atom stereocenters. The zero-order chi connectivity index (χ0) is 18.5. The van der Waals surface area contributed by atoms with Crippen molar-refractivity contribution < 1.29 is 18.7 Å². The van der Waals surface area contributed by atoms with E-state index in [0.717, 1.165) is 11.1 Å². The van der Waals surface area contributed by atoms with Crippen molar-refractivity contribution in [2.45, 2.75) is 13.1 Å². The van der Waals surface area contributed by atoms with Crippen LogP contribution in [0.15, 0.2) is 42.5 Å². The van der Waals surface area contributed by atoms with Crippen molar-refractivity contribution in [1.29, 1.82) is 0 Å². The molecule has 0 spiro atoms. The van der Waals surface area contributed by atoms with Gasteiger partial charge in [0.25, 0.3) is 5.91 Å². The summed E-state index contributed by atoms with van der Waals surface area (Å²) in [5.74, 6) is -0.498. The molecule has 0 saturated carbocycles. The Kier molecular flexibility index (Phi) is 5.48. The van der Waals surface area contributed by atoms with E-state index in [1.165, 1.54) is 12.1 Å². The summed E-state index contributed by atoms with van der Waals surface area (Å²) < 4.78 is 18.2. The maximum Gasteiger partial charge on any atom is 0.322 e. The van der Waals surface area contributed by atoms with E-state index in [2.05, 4.69) is 10.6 Å². The first-order valence-corrected chi connectivity index (χ1v) is 8.27. The van der Waals surface area contributed by atoms with Crippen LogP contribution < -0.4 is 10.6 Å². The summed E-state index contributed by atoms with van der Waals surface area (Å²) in [4.78, 5) is 25.9. The number of hydrogen-bond donors (Lipinski definition) is 2. The SMILES string of the molecule is COCCNC(=O)c1ccc(NC(=O)N2Cc3ccc(F)cc3C2)cc1. The van der Waals surface area contributed by atoms with Gasteiger partial charge in [-0.05, 0) is 47.5 Å². The molecule has 6 nitrogen and oxygen atoms in total. The molecule has 0 atom stereocenters. The van der Waals surface area contributed by atoms with Crippen LogP contribution in [0.5, 0.6) is 0 Å². The van der Waals surface area contributed by atoms with Gasteiger partial charge in [0, 0.05) is 38.0 Å². The van der Waals surface area contributed by atoms with Gasteiger partial charge < -0.3 is 20.3 Å². The number of anilines is 1. The fourth-order valence-electron chi connectivity index (χ4n) is 2.78. The number of methoxy groups -OCH3 is 1. The van der Waals surface area contributed by atoms with Crippen molar-refractivity contribution in [1.82, 2.24) is 10.2 Å². The van der Waals surface area contributed by atoms with E-state index >= 15 is 0 Å². The highest BCUT2D eigenvalue weighted by Crippen LogP contribution is 2.24. The van der Waals surface area contributed by atoms with Crippen molar-refractivity contribution in [3.05, 3.63) is 65.0 Å². The van der Waals surface area contributed by atoms with E-state index in [9.17, 15) is 14.0 Å². The molecule has 2 aromatic carbocycles. The van der Waals surface area contributed by atoms with Gasteiger partial charge in [-0.2, -0.15) is 0 Å². The predicted molar refractivity (Wildman–Crippen MR) is 95.3 cm³/mol. The Morgan fingerprint density at radius 1 is 1.12 bits per heavy atom. The lowest BCUT2D eigenvalue weighted by Gasteiger charge is -2.16. The monoisotopic (exact) mass is 357 g/mol. The highest BCUT2D eigenvalue weighted by atomic mass is 19.1. The topological polar surface area (TPSA) is 70.7 Å². The number of carbonyl (C=O) groups is 2. The number of carbonyl (C=O) groups excluding carboxylic acids is 2. The van der Waals surface area contributed by atoms with Crippen molar-refractivity contribution in [3.8, 4) is 0 Å². The van der Waals surface area contributed by atoms with Gasteiger partial charge in [-0.15, -0.1) is 0 Å². The molecule has 0 fully saturated rings. The molecule has 136 valence electrons. The van der Waals surface area contributed by atoms with E-state index in [0.29, 0.717) is 37.5 Å². The second kappa shape index (κ2) is 7.97. The minimum atomic E-state index is -0.301. The van der Waals surface area contributed by atoms with Gasteiger partial charge in [0.2, 0.25) is 0 Å². The number of halogens is 1. The Hall–Kier alpha value is -2.93. The number of nitrogens with zero attached hydrogens (tertiary/aromatic N) is 1. The number of ether oxygens (including phenoxy) is 1. The Morgan fingerprint density at radius 2 is 1.85 bits per heavy atom. The van der Waals surface area contributed by atoms with Crippen molar-refractivity contribution >= 4 is 17.6 Å². The largest absolute Gasteiger partial charge is 0.383 e. The van der Waals surface area contributed by atoms with Gasteiger partial charge in [-0.1, -0.05) is 6.07 Å². The van der Waals surface area contributed by atoms with E-state index in [1.807, 2.05) is 0 Å². The molecule has 26 heavy (non-hydrogen) atoms. The maximum atomic E-state index is 13.3. The number of amides is 3. The number of fused-ring (bicyclic) bond motifs is 1. The van der Waals surface area contributed by atoms with Crippen LogP contribution in [0.2, 0.25) is 0 Å². The van der Waals surface area contributed by atoms with E-state index in [4.69, 9.17) is 4.74 Å². The standard InChI is InChI=1S/C19H20FN3O3/c1-26-9-8-21-18(24)13-3-6-17(7-4-13)22-19(25)23-11-14-2-5-16(20)10-15(14)12-23/h2-7,10H,8-9,11-12H2,1H3,(H,21,24)(H,22,25). The molecule has 7 heteroatoms. The lowest BCUT2D eigenvalue weighted by molar-refractivity contribution is 0.0937. The molecule has 0 aromatic heterocycles. The van der Waals surface area contributed by atoms with E-state index in [1.54, 1.807) is 42.3 Å². The zero-order valence-corrected chi connectivity index (χ0v) is 14.4. The third kappa shape index (κ3) is 4.18. The molecule has 0 aliphatic carbocycles. The number of rotatable bonds is 5. The Labute approximate surface area is 150 Å². The number of nitrogens with one attached hydrogen (secondary N) is 2. The molecule has 0 radical (unpaired) electrons. The van der Waals surface area contributed by atoms with Crippen LogP contribution in [-0.4, -0.2) is 37.1 Å². The first-order valence-electron chi connectivity index (χ1n) is 8.27. The van der Waals surface area contributed by atoms with Crippen molar-refractivity contribution in [2.75, 3.05) is 25.6 Å². The average molecular weight is 357 g/mol. The van der Waals surface area contributed by atoms with Crippen LogP contribution in [0.3, 0.4) is 0 Å². The summed E-state index contributed by atoms with van der Waals surface area (Å²) in [5.41, 5.74) is 2.86. The molecule has 1 heterocycles. The summed E-state index contributed by atoms with van der Waals surface area (Å²) in [6.45, 7) is 1.70. The van der Waals surface area contributed by atoms with Gasteiger partial charge in [0.15, 0.2) is 0 Å². The van der Waals surface area contributed by atoms with Crippen LogP contribution in [0.25, 0.3) is 0 Å². The quantitative estimate of drug-likeness (QED) is 0.809. The fourth-order valence-corrected chi connectivity index (χ4v) is 2.78. The smallest absolute Gasteiger partial charge is 0.322 e. The summed E-state index contributed by atoms with van der Waals surface area (Å²) in [7, 11) is 1.57. The molecule has 0 saturated heterocycles. The molecule has 3 amide bonds. The highest BCUT2D eigenvalue weighted by molar-refractivity contribution is 5.95. The van der Waals surface area contributed by atoms with E-state index < -0.39 is 0 Å². The Bertz CT molecular complexity index is 808. The predicted octanol–water partition coefficient (Wildman–Crippen LogP) is 2.75. The van der Waals surface area contributed by atoms with Crippen LogP contribution in [0.1, 0.15) is 21.5 Å². The number of hydrogen-bond acceptors (Lipinski definition) is 3. The number of urea groups is 1. The fraction of sp³-hybridized carbons (Fsp3) is 0.263. The second-order valence-electron chi connectivity index (χ2n) is 6.03. The Morgan fingerprint density at radius 3 is 2.58 bits per heavy atom. The Balaban J connectivity index is 1.56. The molecular formula is C19H20FN3O3. The van der Waals surface area contributed by atoms with Gasteiger partial charge in [0.1, 0.15) is 5.82 Å². The van der Waals surface area contributed by atoms with E-state index in [-0.39, 0.29) is 17.8 Å². The minimum absolute atomic E-state index is 0.197. The lowest BCUT2D eigenvalue weighted by Crippen LogP contribution is -2.30. The van der Waals surface area contributed by atoms with Gasteiger partial charge in [-0.3, -0.25) is 4.79 Å². The van der Waals surface area contributed by atoms with Crippen molar-refractivity contribution in [2.24, 2.45) is 0 Å². The third-order valence-electron chi connectivity index (χ3n) is 4.17. The first kappa shape index (κ1) is 17.9. The van der Waals surface area contributed by atoms with Crippen molar-refractivity contribution in [3.63, 3.8) is 0 Å². The van der Waals surface area contributed by atoms with Crippen LogP contribution in [0.4, 0.5) is 14.9 Å². The lowest BCUT2D eigenvalue weighted by atomic mass is 10.1. The molecular weight excluding hydrogens is 337 g/mol. The minimum Gasteiger partial charge on any atom is -0.383 e. The summed E-state index contributed by atoms with van der Waals surface area (Å²) in [5, 5.41) is 5.52. The van der Waals surface area contributed by atoms with Gasteiger partial charge in [-0.25, -0.2) is 9.18 Å². The molecule has 1 aliphatic rings. The molecule has 2 N–H and O–H groups in total. The molecule has 1 aliphatic heterocycles. The zero-order valence-electron chi connectivity index (χ0n) is 14.4. The van der Waals surface area contributed by atoms with Gasteiger partial charge in [0.05, 0.1) is 6.61 Å². The highest BCUT2D eigenvalue weighted by Gasteiger charge is 2.23. The van der Waals surface area contributed by atoms with Crippen LogP contribution in [-0.2, 0) is 17.8 Å². The summed E-state index contributed by atoms with van der Waals surface area (Å²) in [6, 6.07) is 10.9. The third-order valence-corrected chi connectivity index (χ3v) is 4.17. The van der Waals surface area contributed by atoms with Gasteiger partial charge >= 0.3 is 6.03 Å². The molecule has 2 aromatic rings. The van der Waals surface area contributed by atoms with Crippen LogP contribution >= 0.6 is 0 Å². The van der Waals surface area contributed by atoms with Crippen LogP contribution in [0, 0.1) is 5.82 Å². The second-order valence-corrected chi connectivity index (χ2v) is 6.03. The average Bonchev–Trinajstić information content (AvgIpc) is 3.05. The molecule has 3 rings (SSSR count). The normalized spacial score (nSPS) is 12.6.